The van der Waals surface area contributed by atoms with Crippen LogP contribution in [-0.2, 0) is 11.3 Å². The fourth-order valence-electron chi connectivity index (χ4n) is 2.60. The van der Waals surface area contributed by atoms with E-state index in [1.54, 1.807) is 21.3 Å². The lowest BCUT2D eigenvalue weighted by molar-refractivity contribution is -0.125. The lowest BCUT2D eigenvalue weighted by atomic mass is 9.93. The van der Waals surface area contributed by atoms with E-state index in [0.29, 0.717) is 23.8 Å². The van der Waals surface area contributed by atoms with Gasteiger partial charge in [-0.15, -0.1) is 0 Å². The van der Waals surface area contributed by atoms with E-state index in [1.165, 1.54) is 0 Å². The number of amides is 1. The van der Waals surface area contributed by atoms with Gasteiger partial charge < -0.3 is 19.5 Å². The van der Waals surface area contributed by atoms with Crippen molar-refractivity contribution in [3.05, 3.63) is 29.8 Å². The molecule has 0 aromatic heterocycles. The highest BCUT2D eigenvalue weighted by atomic mass is 16.5. The molecule has 0 bridgehead atoms. The highest BCUT2D eigenvalue weighted by molar-refractivity contribution is 5.79. The van der Waals surface area contributed by atoms with Gasteiger partial charge in [0.15, 0.2) is 11.5 Å². The summed E-state index contributed by atoms with van der Waals surface area (Å²) in [5, 5.41) is 2.98. The van der Waals surface area contributed by atoms with Crippen molar-refractivity contribution < 1.29 is 19.0 Å². The standard InChI is InChI=1S/C17H23NO4/c1-20-14-9-12(10-15(21-2)16(14)22-3)11-18-17(19)13-7-5-4-6-8-13/h4-5,9-10,13H,6-8,11H2,1-3H3,(H,18,19)/t13-/m0/s1. The minimum atomic E-state index is 0.0760. The fraction of sp³-hybridized carbons (Fsp3) is 0.471. The second kappa shape index (κ2) is 7.73. The number of nitrogens with one attached hydrogen (secondary N) is 1. The normalized spacial score (nSPS) is 17.0. The largest absolute Gasteiger partial charge is 0.493 e. The molecule has 1 atom stereocenters. The van der Waals surface area contributed by atoms with Crippen LogP contribution in [0.25, 0.3) is 0 Å². The van der Waals surface area contributed by atoms with Crippen LogP contribution in [-0.4, -0.2) is 27.2 Å². The summed E-state index contributed by atoms with van der Waals surface area (Å²) in [6.45, 7) is 0.440. The van der Waals surface area contributed by atoms with Gasteiger partial charge in [0, 0.05) is 12.5 Å². The van der Waals surface area contributed by atoms with E-state index >= 15 is 0 Å². The van der Waals surface area contributed by atoms with Crippen molar-refractivity contribution in [2.24, 2.45) is 5.92 Å². The van der Waals surface area contributed by atoms with E-state index in [0.717, 1.165) is 24.8 Å². The molecule has 0 spiro atoms. The number of hydrogen-bond acceptors (Lipinski definition) is 4. The van der Waals surface area contributed by atoms with Gasteiger partial charge in [-0.25, -0.2) is 0 Å². The third-order valence-corrected chi connectivity index (χ3v) is 3.83. The van der Waals surface area contributed by atoms with Gasteiger partial charge in [-0.1, -0.05) is 12.2 Å². The Morgan fingerprint density at radius 2 is 1.82 bits per heavy atom. The topological polar surface area (TPSA) is 56.8 Å². The molecule has 0 aliphatic heterocycles. The van der Waals surface area contributed by atoms with E-state index in [-0.39, 0.29) is 11.8 Å². The third-order valence-electron chi connectivity index (χ3n) is 3.83. The molecular formula is C17H23NO4. The first-order valence-electron chi connectivity index (χ1n) is 7.41. The SMILES string of the molecule is COc1cc(CNC(=O)[C@H]2CC=CCC2)cc(OC)c1OC. The average molecular weight is 305 g/mol. The van der Waals surface area contributed by atoms with Crippen molar-refractivity contribution in [3.8, 4) is 17.2 Å². The first-order chi connectivity index (χ1) is 10.7. The van der Waals surface area contributed by atoms with E-state index in [9.17, 15) is 4.79 Å². The second-order valence-electron chi connectivity index (χ2n) is 5.23. The number of rotatable bonds is 6. The Hall–Kier alpha value is -2.17. The van der Waals surface area contributed by atoms with Crippen LogP contribution in [0.4, 0.5) is 0 Å². The molecule has 1 aromatic rings. The quantitative estimate of drug-likeness (QED) is 0.821. The predicted octanol–water partition coefficient (Wildman–Crippen LogP) is 2.68. The predicted molar refractivity (Wildman–Crippen MR) is 84.4 cm³/mol. The molecule has 0 unspecified atom stereocenters. The monoisotopic (exact) mass is 305 g/mol. The summed E-state index contributed by atoms with van der Waals surface area (Å²) in [4.78, 5) is 12.2. The zero-order chi connectivity index (χ0) is 15.9. The first kappa shape index (κ1) is 16.2. The molecule has 0 saturated heterocycles. The van der Waals surface area contributed by atoms with Gasteiger partial charge in [0.1, 0.15) is 0 Å². The molecule has 22 heavy (non-hydrogen) atoms. The molecule has 0 heterocycles. The zero-order valence-electron chi connectivity index (χ0n) is 13.3. The van der Waals surface area contributed by atoms with E-state index in [1.807, 2.05) is 12.1 Å². The van der Waals surface area contributed by atoms with E-state index in [4.69, 9.17) is 14.2 Å². The molecule has 120 valence electrons. The Morgan fingerprint density at radius 1 is 1.14 bits per heavy atom. The smallest absolute Gasteiger partial charge is 0.223 e. The highest BCUT2D eigenvalue weighted by Crippen LogP contribution is 2.38. The van der Waals surface area contributed by atoms with Crippen molar-refractivity contribution in [2.75, 3.05) is 21.3 Å². The van der Waals surface area contributed by atoms with Crippen LogP contribution < -0.4 is 19.5 Å². The number of carbonyl (C=O) groups is 1. The zero-order valence-corrected chi connectivity index (χ0v) is 13.3. The molecule has 0 fully saturated rings. The van der Waals surface area contributed by atoms with Gasteiger partial charge in [-0.2, -0.15) is 0 Å². The maximum absolute atomic E-state index is 12.2. The third kappa shape index (κ3) is 3.72. The van der Waals surface area contributed by atoms with Gasteiger partial charge in [0.25, 0.3) is 0 Å². The van der Waals surface area contributed by atoms with Crippen molar-refractivity contribution in [2.45, 2.75) is 25.8 Å². The molecule has 1 N–H and O–H groups in total. The number of allylic oxidation sites excluding steroid dienone is 2. The molecule has 5 nitrogen and oxygen atoms in total. The second-order valence-corrected chi connectivity index (χ2v) is 5.23. The van der Waals surface area contributed by atoms with Crippen LogP contribution in [0.2, 0.25) is 0 Å². The van der Waals surface area contributed by atoms with Crippen molar-refractivity contribution in [1.29, 1.82) is 0 Å². The summed E-state index contributed by atoms with van der Waals surface area (Å²) in [5.41, 5.74) is 0.911. The van der Waals surface area contributed by atoms with Crippen molar-refractivity contribution in [1.82, 2.24) is 5.32 Å². The highest BCUT2D eigenvalue weighted by Gasteiger charge is 2.19. The average Bonchev–Trinajstić information content (AvgIpc) is 2.59. The maximum Gasteiger partial charge on any atom is 0.223 e. The van der Waals surface area contributed by atoms with E-state index < -0.39 is 0 Å². The lowest BCUT2D eigenvalue weighted by Gasteiger charge is -2.18. The molecule has 0 saturated carbocycles. The Kier molecular flexibility index (Phi) is 5.69. The molecule has 1 aliphatic rings. The number of ether oxygens (including phenoxy) is 3. The lowest BCUT2D eigenvalue weighted by Crippen LogP contribution is -2.30. The Bertz CT molecular complexity index is 529. The van der Waals surface area contributed by atoms with Crippen LogP contribution in [0.15, 0.2) is 24.3 Å². The number of benzene rings is 1. The van der Waals surface area contributed by atoms with Gasteiger partial charge in [0.05, 0.1) is 21.3 Å². The molecule has 1 amide bonds. The van der Waals surface area contributed by atoms with Crippen LogP contribution in [0, 0.1) is 5.92 Å². The minimum absolute atomic E-state index is 0.0760. The summed E-state index contributed by atoms with van der Waals surface area (Å²) >= 11 is 0. The molecule has 5 heteroatoms. The Morgan fingerprint density at radius 3 is 2.32 bits per heavy atom. The molecule has 0 radical (unpaired) electrons. The molecule has 1 aromatic carbocycles. The molecule has 2 rings (SSSR count). The van der Waals surface area contributed by atoms with Gasteiger partial charge in [-0.3, -0.25) is 4.79 Å². The first-order valence-corrected chi connectivity index (χ1v) is 7.41. The minimum Gasteiger partial charge on any atom is -0.493 e. The molecule has 1 aliphatic carbocycles. The summed E-state index contributed by atoms with van der Waals surface area (Å²) < 4.78 is 15.9. The summed E-state index contributed by atoms with van der Waals surface area (Å²) in [5.74, 6) is 1.90. The Labute approximate surface area is 131 Å². The van der Waals surface area contributed by atoms with Gasteiger partial charge >= 0.3 is 0 Å². The van der Waals surface area contributed by atoms with Gasteiger partial charge in [0.2, 0.25) is 11.7 Å². The van der Waals surface area contributed by atoms with Crippen LogP contribution in [0.3, 0.4) is 0 Å². The molecular weight excluding hydrogens is 282 g/mol. The number of carbonyl (C=O) groups excluding carboxylic acids is 1. The maximum atomic E-state index is 12.2. The fourth-order valence-corrected chi connectivity index (χ4v) is 2.60. The van der Waals surface area contributed by atoms with Crippen molar-refractivity contribution in [3.63, 3.8) is 0 Å². The number of methoxy groups -OCH3 is 3. The summed E-state index contributed by atoms with van der Waals surface area (Å²) in [6, 6.07) is 3.70. The van der Waals surface area contributed by atoms with E-state index in [2.05, 4.69) is 17.5 Å². The Balaban J connectivity index is 2.06. The number of hydrogen-bond donors (Lipinski definition) is 1. The van der Waals surface area contributed by atoms with Crippen molar-refractivity contribution >= 4 is 5.91 Å². The summed E-state index contributed by atoms with van der Waals surface area (Å²) in [6.07, 6.45) is 6.91. The van der Waals surface area contributed by atoms with Crippen LogP contribution >= 0.6 is 0 Å². The summed E-state index contributed by atoms with van der Waals surface area (Å²) in [7, 11) is 4.72. The van der Waals surface area contributed by atoms with Crippen LogP contribution in [0.1, 0.15) is 24.8 Å². The van der Waals surface area contributed by atoms with Crippen LogP contribution in [0.5, 0.6) is 17.2 Å². The van der Waals surface area contributed by atoms with Gasteiger partial charge in [-0.05, 0) is 37.0 Å².